The molecule has 0 aliphatic rings. The van der Waals surface area contributed by atoms with E-state index < -0.39 is 0 Å². The van der Waals surface area contributed by atoms with E-state index >= 15 is 0 Å². The van der Waals surface area contributed by atoms with Crippen LogP contribution in [0.2, 0.25) is 0 Å². The third-order valence-electron chi connectivity index (χ3n) is 12.7. The molecule has 0 atom stereocenters. The molecule has 0 rings (SSSR count). The summed E-state index contributed by atoms with van der Waals surface area (Å²) in [6.07, 6.45) is 51.9. The van der Waals surface area contributed by atoms with E-state index in [0.29, 0.717) is 6.42 Å². The third-order valence-corrected chi connectivity index (χ3v) is 12.7. The topological polar surface area (TPSA) is 53.0 Å². The first-order valence-electron chi connectivity index (χ1n) is 26.9. The molecule has 0 saturated heterocycles. The van der Waals surface area contributed by atoms with Gasteiger partial charge >= 0.3 is 5.97 Å². The number of hydrogen-bond donors (Lipinski definition) is 1. The molecule has 348 valence electrons. The Labute approximate surface area is 365 Å². The van der Waals surface area contributed by atoms with Crippen molar-refractivity contribution in [1.29, 1.82) is 0 Å². The fourth-order valence-corrected chi connectivity index (χ4v) is 8.69. The SMILES string of the molecule is CCCCCCCCCCCCN(CCCCCCCCCCCC)CCN(CCO)CCCCCCCC(=O)OC(CCCCCCCC)CCCCCCCC. The predicted octanol–water partition coefficient (Wildman–Crippen LogP) is 16.2. The highest BCUT2D eigenvalue weighted by atomic mass is 16.5. The van der Waals surface area contributed by atoms with Crippen molar-refractivity contribution in [1.82, 2.24) is 9.80 Å². The number of nitrogens with zero attached hydrogens (tertiary/aromatic N) is 2. The van der Waals surface area contributed by atoms with Crippen molar-refractivity contribution < 1.29 is 14.6 Å². The first-order chi connectivity index (χ1) is 28.6. The minimum atomic E-state index is 0.0382. The quantitative estimate of drug-likeness (QED) is 0.0489. The van der Waals surface area contributed by atoms with Crippen LogP contribution in [0.3, 0.4) is 0 Å². The molecular formula is C53H108N2O3. The molecule has 0 unspecified atom stereocenters. The Bertz CT molecular complexity index is 739. The van der Waals surface area contributed by atoms with Crippen LogP contribution >= 0.6 is 0 Å². The molecule has 0 bridgehead atoms. The number of esters is 1. The Morgan fingerprint density at radius 1 is 0.362 bits per heavy atom. The molecule has 5 nitrogen and oxygen atoms in total. The summed E-state index contributed by atoms with van der Waals surface area (Å²) in [6.45, 7) is 15.9. The van der Waals surface area contributed by atoms with Crippen molar-refractivity contribution in [3.05, 3.63) is 0 Å². The van der Waals surface area contributed by atoms with E-state index in [1.165, 1.54) is 238 Å². The maximum Gasteiger partial charge on any atom is 0.306 e. The molecule has 1 N–H and O–H groups in total. The van der Waals surface area contributed by atoms with Crippen LogP contribution in [0.1, 0.15) is 285 Å². The van der Waals surface area contributed by atoms with Crippen LogP contribution in [-0.2, 0) is 9.53 Å². The molecule has 0 heterocycles. The zero-order chi connectivity index (χ0) is 42.3. The van der Waals surface area contributed by atoms with Gasteiger partial charge in [0.15, 0.2) is 0 Å². The number of ether oxygens (including phenoxy) is 1. The second-order valence-corrected chi connectivity index (χ2v) is 18.5. The van der Waals surface area contributed by atoms with Crippen LogP contribution in [0, 0.1) is 0 Å². The monoisotopic (exact) mass is 821 g/mol. The summed E-state index contributed by atoms with van der Waals surface area (Å²) < 4.78 is 6.09. The standard InChI is InChI=1S/C53H108N2O3/c1-5-9-13-17-21-23-25-27-33-39-45-54(46-40-34-28-26-24-22-18-14-10-6-2)48-49-55(50-51-56)47-41-35-29-32-38-44-53(57)58-52(42-36-30-19-15-11-7-3)43-37-31-20-16-12-8-4/h52,56H,5-51H2,1-4H3. The summed E-state index contributed by atoms with van der Waals surface area (Å²) in [4.78, 5) is 18.1. The Hall–Kier alpha value is -0.650. The zero-order valence-corrected chi connectivity index (χ0v) is 40.5. The molecule has 0 amide bonds. The van der Waals surface area contributed by atoms with Crippen molar-refractivity contribution in [2.75, 3.05) is 45.9 Å². The average molecular weight is 821 g/mol. The van der Waals surface area contributed by atoms with Gasteiger partial charge < -0.3 is 14.7 Å². The molecule has 5 heteroatoms. The largest absolute Gasteiger partial charge is 0.462 e. The maximum absolute atomic E-state index is 12.9. The van der Waals surface area contributed by atoms with E-state index in [1.54, 1.807) is 0 Å². The van der Waals surface area contributed by atoms with E-state index in [1.807, 2.05) is 0 Å². The Balaban J connectivity index is 4.53. The smallest absolute Gasteiger partial charge is 0.306 e. The van der Waals surface area contributed by atoms with Crippen molar-refractivity contribution in [3.63, 3.8) is 0 Å². The molecular weight excluding hydrogens is 713 g/mol. The summed E-state index contributed by atoms with van der Waals surface area (Å²) >= 11 is 0. The predicted molar refractivity (Wildman–Crippen MR) is 257 cm³/mol. The lowest BCUT2D eigenvalue weighted by molar-refractivity contribution is -0.150. The Kier molecular flexibility index (Phi) is 48.5. The van der Waals surface area contributed by atoms with Gasteiger partial charge in [-0.15, -0.1) is 0 Å². The van der Waals surface area contributed by atoms with Crippen LogP contribution < -0.4 is 0 Å². The Morgan fingerprint density at radius 2 is 0.638 bits per heavy atom. The third kappa shape index (κ3) is 43.4. The van der Waals surface area contributed by atoms with Gasteiger partial charge in [0, 0.05) is 26.1 Å². The first kappa shape index (κ1) is 57.3. The normalized spacial score (nSPS) is 11.9. The van der Waals surface area contributed by atoms with Gasteiger partial charge in [-0.05, 0) is 71.0 Å². The van der Waals surface area contributed by atoms with Gasteiger partial charge in [-0.25, -0.2) is 0 Å². The van der Waals surface area contributed by atoms with Gasteiger partial charge in [-0.1, -0.05) is 227 Å². The minimum absolute atomic E-state index is 0.0382. The van der Waals surface area contributed by atoms with Gasteiger partial charge in [0.1, 0.15) is 6.10 Å². The van der Waals surface area contributed by atoms with E-state index in [4.69, 9.17) is 4.74 Å². The van der Waals surface area contributed by atoms with Gasteiger partial charge in [0.05, 0.1) is 6.61 Å². The lowest BCUT2D eigenvalue weighted by Crippen LogP contribution is -2.38. The number of rotatable bonds is 50. The molecule has 0 fully saturated rings. The van der Waals surface area contributed by atoms with E-state index in [-0.39, 0.29) is 18.7 Å². The second kappa shape index (κ2) is 49.0. The number of hydrogen-bond acceptors (Lipinski definition) is 5. The molecule has 0 aromatic rings. The highest BCUT2D eigenvalue weighted by Crippen LogP contribution is 2.19. The van der Waals surface area contributed by atoms with Crippen molar-refractivity contribution in [3.8, 4) is 0 Å². The van der Waals surface area contributed by atoms with Crippen LogP contribution in [0.4, 0.5) is 0 Å². The van der Waals surface area contributed by atoms with Crippen molar-refractivity contribution in [2.24, 2.45) is 0 Å². The molecule has 0 spiro atoms. The van der Waals surface area contributed by atoms with Crippen LogP contribution in [0.5, 0.6) is 0 Å². The molecule has 0 radical (unpaired) electrons. The number of carbonyl (C=O) groups is 1. The maximum atomic E-state index is 12.9. The molecule has 0 saturated carbocycles. The van der Waals surface area contributed by atoms with E-state index in [0.717, 1.165) is 51.9 Å². The Morgan fingerprint density at radius 3 is 0.966 bits per heavy atom. The zero-order valence-electron chi connectivity index (χ0n) is 40.5. The lowest BCUT2D eigenvalue weighted by Gasteiger charge is -2.27. The summed E-state index contributed by atoms with van der Waals surface area (Å²) in [5.74, 6) is 0.0382. The van der Waals surface area contributed by atoms with E-state index in [2.05, 4.69) is 37.5 Å². The van der Waals surface area contributed by atoms with E-state index in [9.17, 15) is 9.90 Å². The fraction of sp³-hybridized carbons (Fsp3) is 0.981. The number of aliphatic hydroxyl groups excluding tert-OH is 1. The van der Waals surface area contributed by atoms with Crippen LogP contribution in [-0.4, -0.2) is 72.9 Å². The summed E-state index contributed by atoms with van der Waals surface area (Å²) in [5, 5.41) is 9.88. The molecule has 0 aromatic heterocycles. The second-order valence-electron chi connectivity index (χ2n) is 18.5. The highest BCUT2D eigenvalue weighted by molar-refractivity contribution is 5.69. The van der Waals surface area contributed by atoms with Gasteiger partial charge in [0.2, 0.25) is 0 Å². The summed E-state index contributed by atoms with van der Waals surface area (Å²) in [7, 11) is 0. The molecule has 0 aliphatic heterocycles. The van der Waals surface area contributed by atoms with Gasteiger partial charge in [-0.3, -0.25) is 9.69 Å². The minimum Gasteiger partial charge on any atom is -0.462 e. The molecule has 58 heavy (non-hydrogen) atoms. The molecule has 0 aliphatic carbocycles. The van der Waals surface area contributed by atoms with Gasteiger partial charge in [0.25, 0.3) is 0 Å². The lowest BCUT2D eigenvalue weighted by atomic mass is 10.0. The van der Waals surface area contributed by atoms with Crippen LogP contribution in [0.25, 0.3) is 0 Å². The average Bonchev–Trinajstić information content (AvgIpc) is 3.22. The number of aliphatic hydroxyl groups is 1. The first-order valence-corrected chi connectivity index (χ1v) is 26.9. The molecule has 0 aromatic carbocycles. The van der Waals surface area contributed by atoms with Crippen molar-refractivity contribution in [2.45, 2.75) is 291 Å². The highest BCUT2D eigenvalue weighted by Gasteiger charge is 2.15. The summed E-state index contributed by atoms with van der Waals surface area (Å²) in [5.41, 5.74) is 0. The fourth-order valence-electron chi connectivity index (χ4n) is 8.69. The van der Waals surface area contributed by atoms with Crippen LogP contribution in [0.15, 0.2) is 0 Å². The summed E-state index contributed by atoms with van der Waals surface area (Å²) in [6, 6.07) is 0. The van der Waals surface area contributed by atoms with Crippen molar-refractivity contribution >= 4 is 5.97 Å². The number of carbonyl (C=O) groups excluding carboxylic acids is 1. The van der Waals surface area contributed by atoms with Gasteiger partial charge in [-0.2, -0.15) is 0 Å². The number of unbranched alkanes of at least 4 members (excludes halogenated alkanes) is 32.